The summed E-state index contributed by atoms with van der Waals surface area (Å²) in [5.41, 5.74) is 1.08. The molecule has 0 radical (unpaired) electrons. The van der Waals surface area contributed by atoms with Gasteiger partial charge in [0.25, 0.3) is 0 Å². The van der Waals surface area contributed by atoms with Gasteiger partial charge in [-0.25, -0.2) is 9.59 Å². The van der Waals surface area contributed by atoms with E-state index in [9.17, 15) is 9.59 Å². The predicted octanol–water partition coefficient (Wildman–Crippen LogP) is 7.27. The number of hydrogen-bond acceptors (Lipinski definition) is 2. The molecule has 0 bridgehead atoms. The minimum absolute atomic E-state index is 0.190. The van der Waals surface area contributed by atoms with Gasteiger partial charge in [-0.2, -0.15) is 0 Å². The molecule has 5 heteroatoms. The molecule has 0 atom stereocenters. The molecular formula is C29H44NO4+. The molecule has 0 aliphatic heterocycles. The van der Waals surface area contributed by atoms with E-state index in [1.807, 2.05) is 0 Å². The molecule has 34 heavy (non-hydrogen) atoms. The maximum atomic E-state index is 10.5. The van der Waals surface area contributed by atoms with Crippen LogP contribution in [0.2, 0.25) is 0 Å². The monoisotopic (exact) mass is 470 g/mol. The van der Waals surface area contributed by atoms with Gasteiger partial charge in [-0.1, -0.05) is 101 Å². The number of quaternary nitrogens is 1. The van der Waals surface area contributed by atoms with Crippen molar-refractivity contribution >= 4 is 11.9 Å². The highest BCUT2D eigenvalue weighted by molar-refractivity contribution is 6.01. The number of benzene rings is 2. The first-order valence-electron chi connectivity index (χ1n) is 12.7. The van der Waals surface area contributed by atoms with Crippen LogP contribution in [0, 0.1) is 0 Å². The first-order valence-corrected chi connectivity index (χ1v) is 12.7. The zero-order chi connectivity index (χ0) is 25.2. The Morgan fingerprint density at radius 3 is 1.50 bits per heavy atom. The van der Waals surface area contributed by atoms with Crippen LogP contribution in [0.25, 0.3) is 0 Å². The average molecular weight is 471 g/mol. The molecule has 2 aromatic rings. The summed E-state index contributed by atoms with van der Waals surface area (Å²) in [6, 6.07) is 16.4. The Morgan fingerprint density at radius 1 is 0.647 bits per heavy atom. The largest absolute Gasteiger partial charge is 0.478 e. The van der Waals surface area contributed by atoms with Crippen LogP contribution < -0.4 is 0 Å². The van der Waals surface area contributed by atoms with Crippen LogP contribution in [0.5, 0.6) is 0 Å². The van der Waals surface area contributed by atoms with Crippen LogP contribution in [0.1, 0.15) is 97.4 Å². The molecule has 0 heterocycles. The fraction of sp³-hybridized carbons (Fsp3) is 0.517. The highest BCUT2D eigenvalue weighted by Crippen LogP contribution is 2.14. The summed E-state index contributed by atoms with van der Waals surface area (Å²) in [4.78, 5) is 20.9. The number of carboxylic acids is 2. The number of unbranched alkanes of at least 4 members (excludes halogenated alkanes) is 9. The van der Waals surface area contributed by atoms with Gasteiger partial charge in [0.1, 0.15) is 6.54 Å². The fourth-order valence-corrected chi connectivity index (χ4v) is 4.04. The van der Waals surface area contributed by atoms with Crippen LogP contribution in [0.4, 0.5) is 0 Å². The van der Waals surface area contributed by atoms with Gasteiger partial charge in [0.15, 0.2) is 0 Å². The first kappa shape index (κ1) is 29.4. The Labute approximate surface area is 206 Å². The van der Waals surface area contributed by atoms with Gasteiger partial charge in [0, 0.05) is 5.56 Å². The predicted molar refractivity (Wildman–Crippen MR) is 139 cm³/mol. The van der Waals surface area contributed by atoms with Crippen molar-refractivity contribution in [2.24, 2.45) is 0 Å². The average Bonchev–Trinajstić information content (AvgIpc) is 2.81. The molecule has 2 aromatic carbocycles. The topological polar surface area (TPSA) is 74.6 Å². The van der Waals surface area contributed by atoms with Crippen molar-refractivity contribution in [2.75, 3.05) is 20.6 Å². The van der Waals surface area contributed by atoms with Crippen molar-refractivity contribution in [3.8, 4) is 0 Å². The molecule has 0 saturated carbocycles. The van der Waals surface area contributed by atoms with E-state index < -0.39 is 11.9 Å². The number of rotatable bonds is 15. The Kier molecular flexibility index (Phi) is 14.6. The van der Waals surface area contributed by atoms with Crippen LogP contribution in [0.3, 0.4) is 0 Å². The third-order valence-electron chi connectivity index (χ3n) is 5.96. The summed E-state index contributed by atoms with van der Waals surface area (Å²) in [6.07, 6.45) is 14.2. The lowest BCUT2D eigenvalue weighted by atomic mass is 10.1. The summed E-state index contributed by atoms with van der Waals surface area (Å²) in [5.74, 6) is -2.46. The number of aromatic carboxylic acids is 2. The van der Waals surface area contributed by atoms with Gasteiger partial charge >= 0.3 is 11.9 Å². The van der Waals surface area contributed by atoms with Crippen LogP contribution >= 0.6 is 0 Å². The van der Waals surface area contributed by atoms with Gasteiger partial charge < -0.3 is 14.7 Å². The van der Waals surface area contributed by atoms with Crippen molar-refractivity contribution in [3.05, 3.63) is 71.3 Å². The van der Waals surface area contributed by atoms with Crippen molar-refractivity contribution in [2.45, 2.75) is 77.7 Å². The van der Waals surface area contributed by atoms with Crippen molar-refractivity contribution in [3.63, 3.8) is 0 Å². The molecule has 0 aliphatic rings. The molecule has 0 saturated heterocycles. The molecule has 0 amide bonds. The Morgan fingerprint density at radius 2 is 1.06 bits per heavy atom. The van der Waals surface area contributed by atoms with Gasteiger partial charge in [0.05, 0.1) is 31.8 Å². The second kappa shape index (κ2) is 16.9. The zero-order valence-electron chi connectivity index (χ0n) is 21.3. The lowest BCUT2D eigenvalue weighted by Gasteiger charge is -2.30. The second-order valence-electron chi connectivity index (χ2n) is 9.64. The van der Waals surface area contributed by atoms with E-state index in [-0.39, 0.29) is 11.1 Å². The number of hydrogen-bond donors (Lipinski definition) is 2. The quantitative estimate of drug-likeness (QED) is 0.212. The standard InChI is InChI=1S/C21H38N.C8H6O4/c1-4-5-6-7-8-9-10-11-12-16-19-22(2,3)20-21-17-14-13-15-18-21;9-7(10)5-3-1-2-4-6(5)8(11)12/h13-15,17-18H,4-12,16,19-20H2,1-3H3;1-4H,(H,9,10)(H,11,12)/q+1;. The summed E-state index contributed by atoms with van der Waals surface area (Å²) in [7, 11) is 4.72. The fourth-order valence-electron chi connectivity index (χ4n) is 4.04. The van der Waals surface area contributed by atoms with Crippen molar-refractivity contribution in [1.29, 1.82) is 0 Å². The van der Waals surface area contributed by atoms with Crippen LogP contribution in [0.15, 0.2) is 54.6 Å². The number of carbonyl (C=O) groups is 2. The Hall–Kier alpha value is -2.66. The van der Waals surface area contributed by atoms with Crippen LogP contribution in [-0.2, 0) is 6.54 Å². The van der Waals surface area contributed by atoms with Crippen molar-refractivity contribution < 1.29 is 24.3 Å². The minimum atomic E-state index is -1.23. The maximum absolute atomic E-state index is 10.5. The zero-order valence-corrected chi connectivity index (χ0v) is 21.3. The molecule has 188 valence electrons. The Balaban J connectivity index is 0.000000404. The van der Waals surface area contributed by atoms with E-state index in [2.05, 4.69) is 51.4 Å². The molecule has 0 unspecified atom stereocenters. The van der Waals surface area contributed by atoms with E-state index in [1.54, 1.807) is 0 Å². The van der Waals surface area contributed by atoms with E-state index >= 15 is 0 Å². The summed E-state index contributed by atoms with van der Waals surface area (Å²) < 4.78 is 1.11. The molecule has 0 aromatic heterocycles. The molecule has 0 spiro atoms. The summed E-state index contributed by atoms with van der Waals surface area (Å²) in [5, 5.41) is 17.1. The van der Waals surface area contributed by atoms with E-state index in [0.717, 1.165) is 11.0 Å². The van der Waals surface area contributed by atoms with Gasteiger partial charge in [-0.05, 0) is 25.0 Å². The SMILES string of the molecule is CCCCCCCCCCCC[N+](C)(C)Cc1ccccc1.O=C(O)c1ccccc1C(=O)O. The van der Waals surface area contributed by atoms with Crippen molar-refractivity contribution in [1.82, 2.24) is 0 Å². The third-order valence-corrected chi connectivity index (χ3v) is 5.96. The number of carboxylic acid groups (broad SMARTS) is 2. The normalized spacial score (nSPS) is 10.9. The number of nitrogens with zero attached hydrogens (tertiary/aromatic N) is 1. The van der Waals surface area contributed by atoms with Gasteiger partial charge in [0.2, 0.25) is 0 Å². The molecule has 5 nitrogen and oxygen atoms in total. The lowest BCUT2D eigenvalue weighted by Crippen LogP contribution is -2.39. The van der Waals surface area contributed by atoms with E-state index in [1.165, 1.54) is 101 Å². The maximum Gasteiger partial charge on any atom is 0.336 e. The van der Waals surface area contributed by atoms with Gasteiger partial charge in [-0.15, -0.1) is 0 Å². The molecular weight excluding hydrogens is 426 g/mol. The first-order chi connectivity index (χ1) is 16.3. The highest BCUT2D eigenvalue weighted by atomic mass is 16.4. The van der Waals surface area contributed by atoms with Gasteiger partial charge in [-0.3, -0.25) is 0 Å². The summed E-state index contributed by atoms with van der Waals surface area (Å²) in [6.45, 7) is 4.74. The summed E-state index contributed by atoms with van der Waals surface area (Å²) >= 11 is 0. The van der Waals surface area contributed by atoms with Crippen LogP contribution in [-0.4, -0.2) is 47.3 Å². The lowest BCUT2D eigenvalue weighted by molar-refractivity contribution is -0.903. The molecule has 0 fully saturated rings. The molecule has 2 N–H and O–H groups in total. The van der Waals surface area contributed by atoms with E-state index in [0.29, 0.717) is 0 Å². The third kappa shape index (κ3) is 13.1. The Bertz CT molecular complexity index is 800. The highest BCUT2D eigenvalue weighted by Gasteiger charge is 2.15. The smallest absolute Gasteiger partial charge is 0.336 e. The molecule has 2 rings (SSSR count). The minimum Gasteiger partial charge on any atom is -0.478 e. The van der Waals surface area contributed by atoms with E-state index in [4.69, 9.17) is 10.2 Å². The second-order valence-corrected chi connectivity index (χ2v) is 9.64. The molecule has 0 aliphatic carbocycles.